The molecular weight excluding hydrogens is 444 g/mol. The highest BCUT2D eigenvalue weighted by Crippen LogP contribution is 2.51. The van der Waals surface area contributed by atoms with Gasteiger partial charge in [0.1, 0.15) is 6.61 Å². The number of benzene rings is 2. The Labute approximate surface area is 204 Å². The minimum Gasteiger partial charge on any atom is -0.481 e. The van der Waals surface area contributed by atoms with Crippen LogP contribution in [0.25, 0.3) is 11.1 Å². The van der Waals surface area contributed by atoms with Gasteiger partial charge in [0.05, 0.1) is 5.41 Å². The number of amides is 2. The molecule has 4 atom stereocenters. The van der Waals surface area contributed by atoms with E-state index in [2.05, 4.69) is 29.6 Å². The van der Waals surface area contributed by atoms with Gasteiger partial charge in [0.2, 0.25) is 5.91 Å². The van der Waals surface area contributed by atoms with Crippen molar-refractivity contribution < 1.29 is 24.2 Å². The molecule has 0 aromatic heterocycles. The zero-order valence-corrected chi connectivity index (χ0v) is 19.6. The molecule has 6 rings (SSSR count). The van der Waals surface area contributed by atoms with Crippen LogP contribution in [-0.2, 0) is 14.3 Å². The number of hydrogen-bond acceptors (Lipinski definition) is 4. The van der Waals surface area contributed by atoms with Crippen LogP contribution in [0.3, 0.4) is 0 Å². The topological polar surface area (TPSA) is 95.9 Å². The van der Waals surface area contributed by atoms with Gasteiger partial charge in [-0.25, -0.2) is 4.79 Å². The van der Waals surface area contributed by atoms with Crippen LogP contribution in [0, 0.1) is 17.3 Å². The summed E-state index contributed by atoms with van der Waals surface area (Å²) in [5, 5.41) is 12.6. The van der Waals surface area contributed by atoms with Gasteiger partial charge in [-0.1, -0.05) is 55.0 Å². The molecule has 182 valence electrons. The summed E-state index contributed by atoms with van der Waals surface area (Å²) >= 11 is 0. The maximum atomic E-state index is 13.1. The number of nitrogens with one attached hydrogen (secondary N) is 1. The van der Waals surface area contributed by atoms with Crippen molar-refractivity contribution in [3.63, 3.8) is 0 Å². The fraction of sp³-hybridized carbons (Fsp3) is 0.464. The average molecular weight is 475 g/mol. The molecule has 2 aromatic rings. The Morgan fingerprint density at radius 3 is 2.40 bits per heavy atom. The third-order valence-electron chi connectivity index (χ3n) is 8.71. The van der Waals surface area contributed by atoms with E-state index in [4.69, 9.17) is 4.74 Å². The van der Waals surface area contributed by atoms with Crippen molar-refractivity contribution >= 4 is 18.0 Å². The number of carbonyl (C=O) groups is 3. The van der Waals surface area contributed by atoms with Gasteiger partial charge in [0.15, 0.2) is 0 Å². The minimum atomic E-state index is -0.764. The van der Waals surface area contributed by atoms with Crippen LogP contribution in [-0.4, -0.2) is 53.7 Å². The van der Waals surface area contributed by atoms with E-state index >= 15 is 0 Å². The molecule has 3 aliphatic carbocycles. The Hall–Kier alpha value is -3.35. The lowest BCUT2D eigenvalue weighted by molar-refractivity contribution is -0.150. The number of fused-ring (bicyclic) bond motifs is 4. The molecule has 2 N–H and O–H groups in total. The number of hydrogen-bond donors (Lipinski definition) is 2. The summed E-state index contributed by atoms with van der Waals surface area (Å²) in [6, 6.07) is 16.3. The fourth-order valence-electron chi connectivity index (χ4n) is 6.75. The van der Waals surface area contributed by atoms with Crippen LogP contribution in [0.4, 0.5) is 4.79 Å². The van der Waals surface area contributed by atoms with Crippen LogP contribution in [0.5, 0.6) is 0 Å². The molecule has 1 heterocycles. The molecule has 7 nitrogen and oxygen atoms in total. The first kappa shape index (κ1) is 22.1. The van der Waals surface area contributed by atoms with E-state index in [1.165, 1.54) is 22.3 Å². The Kier molecular flexibility index (Phi) is 5.31. The van der Waals surface area contributed by atoms with Gasteiger partial charge in [-0.15, -0.1) is 0 Å². The Balaban J connectivity index is 1.01. The number of carboxylic acids is 1. The lowest BCUT2D eigenvalue weighted by atomic mass is 9.82. The number of carbonyl (C=O) groups excluding carboxylic acids is 2. The lowest BCUT2D eigenvalue weighted by Crippen LogP contribution is -2.44. The van der Waals surface area contributed by atoms with E-state index in [1.54, 1.807) is 0 Å². The molecule has 0 bridgehead atoms. The summed E-state index contributed by atoms with van der Waals surface area (Å²) in [5.41, 5.74) is 3.97. The van der Waals surface area contributed by atoms with Crippen molar-refractivity contribution in [3.05, 3.63) is 59.7 Å². The summed E-state index contributed by atoms with van der Waals surface area (Å²) in [6.45, 7) is 1.19. The van der Waals surface area contributed by atoms with Crippen molar-refractivity contribution in [1.29, 1.82) is 0 Å². The van der Waals surface area contributed by atoms with Gasteiger partial charge in [-0.2, -0.15) is 0 Å². The molecular formula is C28H30N2O5. The van der Waals surface area contributed by atoms with Crippen molar-refractivity contribution in [2.45, 2.75) is 44.1 Å². The molecule has 1 aliphatic heterocycles. The van der Waals surface area contributed by atoms with Gasteiger partial charge >= 0.3 is 12.1 Å². The molecule has 1 saturated heterocycles. The Morgan fingerprint density at radius 2 is 1.71 bits per heavy atom. The molecule has 2 unspecified atom stereocenters. The normalized spacial score (nSPS) is 28.2. The number of rotatable bonds is 6. The molecule has 7 heteroatoms. The average Bonchev–Trinajstić information content (AvgIpc) is 3.20. The molecule has 0 spiro atoms. The largest absolute Gasteiger partial charge is 0.481 e. The predicted molar refractivity (Wildman–Crippen MR) is 129 cm³/mol. The summed E-state index contributed by atoms with van der Waals surface area (Å²) in [5.74, 6) is -0.739. The van der Waals surface area contributed by atoms with Crippen LogP contribution < -0.4 is 5.32 Å². The number of ether oxygens (including phenoxy) is 1. The second-order valence-corrected chi connectivity index (χ2v) is 10.5. The van der Waals surface area contributed by atoms with E-state index < -0.39 is 17.5 Å². The van der Waals surface area contributed by atoms with Gasteiger partial charge in [-0.05, 0) is 53.9 Å². The van der Waals surface area contributed by atoms with Crippen LogP contribution >= 0.6 is 0 Å². The molecule has 4 aliphatic rings. The molecule has 0 radical (unpaired) electrons. The predicted octanol–water partition coefficient (Wildman–Crippen LogP) is 4.02. The van der Waals surface area contributed by atoms with E-state index in [1.807, 2.05) is 29.2 Å². The number of likely N-dealkylation sites (tertiary alicyclic amines) is 1. The first-order valence-corrected chi connectivity index (χ1v) is 12.6. The zero-order valence-electron chi connectivity index (χ0n) is 19.6. The molecule has 3 fully saturated rings. The Bertz CT molecular complexity index is 1150. The van der Waals surface area contributed by atoms with E-state index in [-0.39, 0.29) is 36.3 Å². The van der Waals surface area contributed by atoms with Crippen molar-refractivity contribution in [1.82, 2.24) is 10.2 Å². The summed E-state index contributed by atoms with van der Waals surface area (Å²) < 4.78 is 5.60. The van der Waals surface area contributed by atoms with E-state index in [9.17, 15) is 19.5 Å². The highest BCUT2D eigenvalue weighted by atomic mass is 16.5. The Morgan fingerprint density at radius 1 is 1.03 bits per heavy atom. The number of aliphatic carboxylic acids is 1. The first-order chi connectivity index (χ1) is 17.0. The second kappa shape index (κ2) is 8.40. The van der Waals surface area contributed by atoms with E-state index in [0.717, 1.165) is 19.3 Å². The number of nitrogens with zero attached hydrogens (tertiary/aromatic N) is 1. The standard InChI is InChI=1S/C28H30N2O5/c31-25(30-13-12-28(26(32)33)11-5-10-24(28)30)22-14-17(22)15-29-27(34)35-16-23-20-8-3-1-6-18(20)19-7-2-4-9-21(19)23/h1-4,6-9,17,22-24H,5,10-16H2,(H,29,34)(H,32,33)/t17-,22-,24?,28?/m1/s1. The lowest BCUT2D eigenvalue weighted by Gasteiger charge is -2.29. The first-order valence-electron chi connectivity index (χ1n) is 12.6. The minimum absolute atomic E-state index is 0.0134. The molecule has 2 aromatic carbocycles. The van der Waals surface area contributed by atoms with Gasteiger partial charge in [-0.3, -0.25) is 9.59 Å². The second-order valence-electron chi connectivity index (χ2n) is 10.5. The van der Waals surface area contributed by atoms with Crippen LogP contribution in [0.1, 0.15) is 49.1 Å². The summed E-state index contributed by atoms with van der Waals surface area (Å²) in [6.07, 6.45) is 3.10. The smallest absolute Gasteiger partial charge is 0.407 e. The summed E-state index contributed by atoms with van der Waals surface area (Å²) in [7, 11) is 0. The monoisotopic (exact) mass is 474 g/mol. The van der Waals surface area contributed by atoms with Crippen LogP contribution in [0.15, 0.2) is 48.5 Å². The quantitative estimate of drug-likeness (QED) is 0.659. The van der Waals surface area contributed by atoms with Gasteiger partial charge in [0, 0.05) is 31.0 Å². The SMILES string of the molecule is O=C(NC[C@H]1C[C@H]1C(=O)N1CCC2(C(=O)O)CCCC12)OCC1c2ccccc2-c2ccccc21. The van der Waals surface area contributed by atoms with Crippen molar-refractivity contribution in [3.8, 4) is 11.1 Å². The van der Waals surface area contributed by atoms with E-state index in [0.29, 0.717) is 25.9 Å². The third kappa shape index (κ3) is 3.60. The summed E-state index contributed by atoms with van der Waals surface area (Å²) in [4.78, 5) is 39.3. The van der Waals surface area contributed by atoms with Gasteiger partial charge in [0.25, 0.3) is 0 Å². The molecule has 35 heavy (non-hydrogen) atoms. The number of alkyl carbamates (subject to hydrolysis) is 1. The highest BCUT2D eigenvalue weighted by molar-refractivity contribution is 5.85. The highest BCUT2D eigenvalue weighted by Gasteiger charge is 2.58. The van der Waals surface area contributed by atoms with Crippen molar-refractivity contribution in [2.75, 3.05) is 19.7 Å². The molecule has 2 amide bonds. The zero-order chi connectivity index (χ0) is 24.2. The van der Waals surface area contributed by atoms with Crippen molar-refractivity contribution in [2.24, 2.45) is 17.3 Å². The fourth-order valence-corrected chi connectivity index (χ4v) is 6.75. The third-order valence-corrected chi connectivity index (χ3v) is 8.71. The maximum Gasteiger partial charge on any atom is 0.407 e. The number of carboxylic acid groups (broad SMARTS) is 1. The van der Waals surface area contributed by atoms with Gasteiger partial charge < -0.3 is 20.1 Å². The maximum absolute atomic E-state index is 13.1. The molecule has 2 saturated carbocycles. The van der Waals surface area contributed by atoms with Crippen LogP contribution in [0.2, 0.25) is 0 Å².